The molecular weight excluding hydrogens is 440 g/mol. The largest absolute Gasteiger partial charge is 0.378 e. The number of amides is 1. The molecule has 1 aliphatic rings. The van der Waals surface area contributed by atoms with Crippen LogP contribution in [0.4, 0.5) is 11.4 Å². The van der Waals surface area contributed by atoms with E-state index >= 15 is 0 Å². The Morgan fingerprint density at radius 2 is 1.96 bits per heavy atom. The highest BCUT2D eigenvalue weighted by atomic mass is 79.9. The monoisotopic (exact) mass is 456 g/mol. The number of carbonyl (C=O) groups excluding carboxylic acids is 2. The molecule has 1 aromatic carbocycles. The highest BCUT2D eigenvalue weighted by Crippen LogP contribution is 2.30. The summed E-state index contributed by atoms with van der Waals surface area (Å²) in [5.41, 5.74) is 1.69. The number of hydrogen-bond acceptors (Lipinski definition) is 5. The first-order chi connectivity index (χ1) is 12.5. The lowest BCUT2D eigenvalue weighted by Crippen LogP contribution is -2.36. The van der Waals surface area contributed by atoms with Crippen LogP contribution in [0.25, 0.3) is 0 Å². The molecule has 1 fully saturated rings. The van der Waals surface area contributed by atoms with E-state index in [1.54, 1.807) is 12.1 Å². The van der Waals surface area contributed by atoms with Gasteiger partial charge in [-0.3, -0.25) is 9.59 Å². The summed E-state index contributed by atoms with van der Waals surface area (Å²) in [7, 11) is 0. The van der Waals surface area contributed by atoms with Crippen molar-refractivity contribution in [2.75, 3.05) is 36.5 Å². The van der Waals surface area contributed by atoms with E-state index in [0.29, 0.717) is 22.4 Å². The molecule has 26 heavy (non-hydrogen) atoms. The van der Waals surface area contributed by atoms with Crippen molar-refractivity contribution >= 4 is 61.9 Å². The Morgan fingerprint density at radius 1 is 1.19 bits per heavy atom. The van der Waals surface area contributed by atoms with E-state index in [1.807, 2.05) is 18.2 Å². The molecule has 1 amide bonds. The van der Waals surface area contributed by atoms with Gasteiger partial charge in [-0.25, -0.2) is 0 Å². The molecule has 0 atom stereocenters. The standard InChI is InChI=1S/C18H18BrClN2O3S/c19-12-1-2-14(22-7-9-25-10-8-22)13(11-12)21-18(24)6-3-15(23)16-4-5-17(20)26-16/h1-2,4-5,11H,3,6-10H2,(H,21,24). The van der Waals surface area contributed by atoms with E-state index in [-0.39, 0.29) is 24.5 Å². The number of Topliss-reactive ketones (excluding diaryl/α,β-unsaturated/α-hetero) is 1. The average Bonchev–Trinajstić information content (AvgIpc) is 3.07. The number of ether oxygens (including phenoxy) is 1. The number of benzene rings is 1. The van der Waals surface area contributed by atoms with Crippen molar-refractivity contribution in [1.29, 1.82) is 0 Å². The number of hydrogen-bond donors (Lipinski definition) is 1. The third-order valence-corrected chi connectivity index (χ3v) is 5.78. The van der Waals surface area contributed by atoms with Gasteiger partial charge in [0, 0.05) is 30.4 Å². The van der Waals surface area contributed by atoms with E-state index in [1.165, 1.54) is 11.3 Å². The summed E-state index contributed by atoms with van der Waals surface area (Å²) in [5.74, 6) is -0.256. The van der Waals surface area contributed by atoms with Crippen molar-refractivity contribution in [3.8, 4) is 0 Å². The van der Waals surface area contributed by atoms with Gasteiger partial charge in [-0.1, -0.05) is 27.5 Å². The fraction of sp³-hybridized carbons (Fsp3) is 0.333. The smallest absolute Gasteiger partial charge is 0.224 e. The minimum atomic E-state index is -0.186. The zero-order chi connectivity index (χ0) is 18.5. The summed E-state index contributed by atoms with van der Waals surface area (Å²) in [6, 6.07) is 9.19. The van der Waals surface area contributed by atoms with Crippen LogP contribution in [0, 0.1) is 0 Å². The Balaban J connectivity index is 1.63. The van der Waals surface area contributed by atoms with Crippen molar-refractivity contribution in [3.63, 3.8) is 0 Å². The van der Waals surface area contributed by atoms with Crippen LogP contribution in [-0.4, -0.2) is 38.0 Å². The number of nitrogens with zero attached hydrogens (tertiary/aromatic N) is 1. The van der Waals surface area contributed by atoms with Gasteiger partial charge >= 0.3 is 0 Å². The minimum absolute atomic E-state index is 0.0697. The third kappa shape index (κ3) is 5.07. The van der Waals surface area contributed by atoms with Gasteiger partial charge in [-0.15, -0.1) is 11.3 Å². The van der Waals surface area contributed by atoms with Gasteiger partial charge in [-0.2, -0.15) is 0 Å². The minimum Gasteiger partial charge on any atom is -0.378 e. The lowest BCUT2D eigenvalue weighted by molar-refractivity contribution is -0.116. The lowest BCUT2D eigenvalue weighted by Gasteiger charge is -2.30. The highest BCUT2D eigenvalue weighted by Gasteiger charge is 2.17. The van der Waals surface area contributed by atoms with Crippen LogP contribution in [0.3, 0.4) is 0 Å². The van der Waals surface area contributed by atoms with Gasteiger partial charge in [0.15, 0.2) is 5.78 Å². The van der Waals surface area contributed by atoms with E-state index in [4.69, 9.17) is 16.3 Å². The Kier molecular flexibility index (Phi) is 6.69. The van der Waals surface area contributed by atoms with Crippen molar-refractivity contribution in [2.24, 2.45) is 0 Å². The lowest BCUT2D eigenvalue weighted by atomic mass is 10.1. The molecule has 1 aliphatic heterocycles. The number of halogens is 2. The molecule has 0 unspecified atom stereocenters. The maximum atomic E-state index is 12.4. The highest BCUT2D eigenvalue weighted by molar-refractivity contribution is 9.10. The fourth-order valence-electron chi connectivity index (χ4n) is 2.72. The number of anilines is 2. The first-order valence-electron chi connectivity index (χ1n) is 8.23. The number of thiophene rings is 1. The molecule has 0 saturated carbocycles. The molecule has 1 aromatic heterocycles. The number of carbonyl (C=O) groups is 2. The first kappa shape index (κ1) is 19.4. The quantitative estimate of drug-likeness (QED) is 0.644. The van der Waals surface area contributed by atoms with Gasteiger partial charge in [0.2, 0.25) is 5.91 Å². The van der Waals surface area contributed by atoms with Crippen LogP contribution in [0.5, 0.6) is 0 Å². The molecule has 0 radical (unpaired) electrons. The molecule has 1 saturated heterocycles. The van der Waals surface area contributed by atoms with Gasteiger partial charge in [0.25, 0.3) is 0 Å². The Morgan fingerprint density at radius 3 is 2.65 bits per heavy atom. The van der Waals surface area contributed by atoms with Crippen LogP contribution >= 0.6 is 38.9 Å². The molecule has 138 valence electrons. The van der Waals surface area contributed by atoms with Crippen LogP contribution in [-0.2, 0) is 9.53 Å². The number of rotatable bonds is 6. The summed E-state index contributed by atoms with van der Waals surface area (Å²) >= 11 is 10.5. The zero-order valence-electron chi connectivity index (χ0n) is 14.0. The van der Waals surface area contributed by atoms with Crippen molar-refractivity contribution in [3.05, 3.63) is 44.0 Å². The number of ketones is 1. The molecule has 0 aliphatic carbocycles. The summed E-state index contributed by atoms with van der Waals surface area (Å²) in [6.45, 7) is 2.90. The van der Waals surface area contributed by atoms with E-state index in [9.17, 15) is 9.59 Å². The molecule has 0 spiro atoms. The van der Waals surface area contributed by atoms with E-state index in [0.717, 1.165) is 28.9 Å². The molecule has 0 bridgehead atoms. The second-order valence-corrected chi connectivity index (χ2v) is 8.47. The molecule has 2 heterocycles. The predicted octanol–water partition coefficient (Wildman–Crippen LogP) is 4.60. The van der Waals surface area contributed by atoms with Gasteiger partial charge in [0.1, 0.15) is 0 Å². The molecule has 2 aromatic rings. The number of nitrogens with one attached hydrogen (secondary N) is 1. The number of morpholine rings is 1. The van der Waals surface area contributed by atoms with Crippen LogP contribution in [0.1, 0.15) is 22.5 Å². The topological polar surface area (TPSA) is 58.6 Å². The Bertz CT molecular complexity index is 805. The van der Waals surface area contributed by atoms with Crippen LogP contribution < -0.4 is 10.2 Å². The Labute approximate surface area is 169 Å². The SMILES string of the molecule is O=C(CCC(=O)c1ccc(Cl)s1)Nc1cc(Br)ccc1N1CCOCC1. The second-order valence-electron chi connectivity index (χ2n) is 5.84. The fourth-order valence-corrected chi connectivity index (χ4v) is 4.09. The summed E-state index contributed by atoms with van der Waals surface area (Å²) in [6.07, 6.45) is 0.285. The van der Waals surface area contributed by atoms with Crippen LogP contribution in [0.15, 0.2) is 34.8 Å². The molecule has 1 N–H and O–H groups in total. The second kappa shape index (κ2) is 8.99. The van der Waals surface area contributed by atoms with E-state index < -0.39 is 0 Å². The molecular formula is C18H18BrClN2O3S. The summed E-state index contributed by atoms with van der Waals surface area (Å²) < 4.78 is 6.85. The van der Waals surface area contributed by atoms with Crippen LogP contribution in [0.2, 0.25) is 4.34 Å². The summed E-state index contributed by atoms with van der Waals surface area (Å²) in [5, 5.41) is 2.93. The summed E-state index contributed by atoms with van der Waals surface area (Å²) in [4.78, 5) is 27.2. The average molecular weight is 458 g/mol. The van der Waals surface area contributed by atoms with Gasteiger partial charge in [-0.05, 0) is 30.3 Å². The zero-order valence-corrected chi connectivity index (χ0v) is 17.1. The predicted molar refractivity (Wildman–Crippen MR) is 109 cm³/mol. The van der Waals surface area contributed by atoms with Gasteiger partial charge < -0.3 is 15.0 Å². The first-order valence-corrected chi connectivity index (χ1v) is 10.2. The molecule has 3 rings (SSSR count). The van der Waals surface area contributed by atoms with Crippen molar-refractivity contribution < 1.29 is 14.3 Å². The van der Waals surface area contributed by atoms with Crippen molar-refractivity contribution in [2.45, 2.75) is 12.8 Å². The maximum Gasteiger partial charge on any atom is 0.224 e. The van der Waals surface area contributed by atoms with Gasteiger partial charge in [0.05, 0.1) is 33.8 Å². The van der Waals surface area contributed by atoms with Crippen molar-refractivity contribution in [1.82, 2.24) is 0 Å². The Hall–Kier alpha value is -1.41. The normalized spacial score (nSPS) is 14.3. The molecule has 8 heteroatoms. The third-order valence-electron chi connectivity index (χ3n) is 4.01. The maximum absolute atomic E-state index is 12.4. The molecule has 5 nitrogen and oxygen atoms in total. The van der Waals surface area contributed by atoms with E-state index in [2.05, 4.69) is 26.1 Å².